The van der Waals surface area contributed by atoms with Gasteiger partial charge in [-0.15, -0.1) is 0 Å². The topological polar surface area (TPSA) is 108 Å². The predicted molar refractivity (Wildman–Crippen MR) is 86.1 cm³/mol. The molecule has 0 atom stereocenters. The molecule has 4 N–H and O–H groups in total. The van der Waals surface area contributed by atoms with Crippen LogP contribution in [0, 0.1) is 0 Å². The van der Waals surface area contributed by atoms with Crippen molar-refractivity contribution < 1.29 is 19.5 Å². The summed E-state index contributed by atoms with van der Waals surface area (Å²) in [5, 5.41) is 16.6. The summed E-state index contributed by atoms with van der Waals surface area (Å²) in [6.07, 6.45) is 0. The fraction of sp³-hybridized carbons (Fsp3) is 0.0625. The Labute approximate surface area is 132 Å². The largest absolute Gasteiger partial charge is 0.508 e. The highest BCUT2D eigenvalue weighted by Gasteiger charge is 2.14. The quantitative estimate of drug-likeness (QED) is 0.513. The molecule has 7 heteroatoms. The van der Waals surface area contributed by atoms with E-state index in [-0.39, 0.29) is 11.7 Å². The summed E-state index contributed by atoms with van der Waals surface area (Å²) >= 11 is 0. The first-order valence-corrected chi connectivity index (χ1v) is 6.73. The van der Waals surface area contributed by atoms with E-state index in [0.29, 0.717) is 17.1 Å². The average Bonchev–Trinajstić information content (AvgIpc) is 2.49. The first-order valence-electron chi connectivity index (χ1n) is 6.73. The van der Waals surface area contributed by atoms with Gasteiger partial charge in [0, 0.05) is 24.0 Å². The van der Waals surface area contributed by atoms with Gasteiger partial charge in [-0.2, -0.15) is 0 Å². The number of phenols is 1. The molecule has 23 heavy (non-hydrogen) atoms. The third-order valence-corrected chi connectivity index (χ3v) is 2.77. The molecule has 2 aromatic carbocycles. The first-order chi connectivity index (χ1) is 10.9. The van der Waals surface area contributed by atoms with Crippen molar-refractivity contribution in [3.63, 3.8) is 0 Å². The van der Waals surface area contributed by atoms with E-state index >= 15 is 0 Å². The molecule has 0 heterocycles. The van der Waals surface area contributed by atoms with Crippen molar-refractivity contribution in [2.75, 3.05) is 16.0 Å². The zero-order valence-electron chi connectivity index (χ0n) is 12.3. The number of anilines is 3. The Bertz CT molecular complexity index is 741. The second kappa shape index (κ2) is 7.08. The molecule has 0 aliphatic carbocycles. The van der Waals surface area contributed by atoms with Crippen molar-refractivity contribution in [1.29, 1.82) is 0 Å². The lowest BCUT2D eigenvalue weighted by Gasteiger charge is -2.08. The van der Waals surface area contributed by atoms with Crippen molar-refractivity contribution in [3.8, 4) is 5.75 Å². The van der Waals surface area contributed by atoms with Crippen molar-refractivity contribution in [2.24, 2.45) is 0 Å². The zero-order chi connectivity index (χ0) is 16.8. The number of aromatic hydroxyl groups is 1. The van der Waals surface area contributed by atoms with E-state index in [0.717, 1.165) is 0 Å². The van der Waals surface area contributed by atoms with E-state index in [2.05, 4.69) is 16.0 Å². The lowest BCUT2D eigenvalue weighted by atomic mass is 10.2. The van der Waals surface area contributed by atoms with E-state index < -0.39 is 11.8 Å². The van der Waals surface area contributed by atoms with Gasteiger partial charge in [0.15, 0.2) is 0 Å². The number of nitrogens with one attached hydrogen (secondary N) is 3. The van der Waals surface area contributed by atoms with E-state index in [1.165, 1.54) is 37.3 Å². The maximum atomic E-state index is 11.9. The normalized spacial score (nSPS) is 9.78. The van der Waals surface area contributed by atoms with Gasteiger partial charge >= 0.3 is 11.8 Å². The zero-order valence-corrected chi connectivity index (χ0v) is 12.3. The lowest BCUT2D eigenvalue weighted by Crippen LogP contribution is -2.29. The third-order valence-electron chi connectivity index (χ3n) is 2.77. The van der Waals surface area contributed by atoms with Crippen LogP contribution in [0.1, 0.15) is 6.92 Å². The van der Waals surface area contributed by atoms with Crippen LogP contribution in [0.3, 0.4) is 0 Å². The second-order valence-electron chi connectivity index (χ2n) is 4.72. The summed E-state index contributed by atoms with van der Waals surface area (Å²) in [6, 6.07) is 12.2. The monoisotopic (exact) mass is 313 g/mol. The Balaban J connectivity index is 1.99. The van der Waals surface area contributed by atoms with Crippen LogP contribution in [0.4, 0.5) is 17.1 Å². The van der Waals surface area contributed by atoms with Crippen molar-refractivity contribution in [1.82, 2.24) is 0 Å². The van der Waals surface area contributed by atoms with Gasteiger partial charge in [0.25, 0.3) is 0 Å². The van der Waals surface area contributed by atoms with E-state index in [4.69, 9.17) is 5.11 Å². The highest BCUT2D eigenvalue weighted by Crippen LogP contribution is 2.16. The molecular weight excluding hydrogens is 298 g/mol. The van der Waals surface area contributed by atoms with E-state index in [1.54, 1.807) is 18.2 Å². The SMILES string of the molecule is CC(=O)Nc1cccc(NC(=O)C(=O)Nc2ccc(O)cc2)c1. The number of benzene rings is 2. The highest BCUT2D eigenvalue weighted by molar-refractivity contribution is 6.43. The summed E-state index contributed by atoms with van der Waals surface area (Å²) < 4.78 is 0. The molecule has 118 valence electrons. The number of phenolic OH excluding ortho intramolecular Hbond substituents is 1. The Morgan fingerprint density at radius 1 is 0.783 bits per heavy atom. The number of carbonyl (C=O) groups excluding carboxylic acids is 3. The first kappa shape index (κ1) is 16.0. The van der Waals surface area contributed by atoms with Gasteiger partial charge < -0.3 is 21.1 Å². The Morgan fingerprint density at radius 2 is 1.30 bits per heavy atom. The lowest BCUT2D eigenvalue weighted by molar-refractivity contribution is -0.132. The van der Waals surface area contributed by atoms with Gasteiger partial charge in [-0.3, -0.25) is 14.4 Å². The molecule has 0 spiro atoms. The Hall–Kier alpha value is -3.35. The minimum absolute atomic E-state index is 0.0576. The van der Waals surface area contributed by atoms with Crippen LogP contribution < -0.4 is 16.0 Å². The second-order valence-corrected chi connectivity index (χ2v) is 4.72. The van der Waals surface area contributed by atoms with Gasteiger partial charge in [0.1, 0.15) is 5.75 Å². The average molecular weight is 313 g/mol. The molecule has 0 aliphatic heterocycles. The molecule has 0 aliphatic rings. The number of rotatable bonds is 3. The fourth-order valence-electron chi connectivity index (χ4n) is 1.80. The molecule has 0 aromatic heterocycles. The maximum absolute atomic E-state index is 11.9. The van der Waals surface area contributed by atoms with Crippen LogP contribution >= 0.6 is 0 Å². The molecule has 0 saturated carbocycles. The van der Waals surface area contributed by atoms with Gasteiger partial charge in [0.2, 0.25) is 5.91 Å². The van der Waals surface area contributed by atoms with Crippen LogP contribution in [0.5, 0.6) is 5.75 Å². The Kier molecular flexibility index (Phi) is 4.93. The fourth-order valence-corrected chi connectivity index (χ4v) is 1.80. The minimum atomic E-state index is -0.849. The molecule has 0 saturated heterocycles. The number of amides is 3. The minimum Gasteiger partial charge on any atom is -0.508 e. The summed E-state index contributed by atoms with van der Waals surface area (Å²) in [7, 11) is 0. The molecule has 0 fully saturated rings. The molecule has 0 unspecified atom stereocenters. The Morgan fingerprint density at radius 3 is 1.87 bits per heavy atom. The molecule has 0 bridgehead atoms. The third kappa shape index (κ3) is 4.85. The molecule has 7 nitrogen and oxygen atoms in total. The highest BCUT2D eigenvalue weighted by atomic mass is 16.3. The summed E-state index contributed by atoms with van der Waals surface area (Å²) in [5.74, 6) is -1.88. The molecule has 3 amide bonds. The van der Waals surface area contributed by atoms with Crippen molar-refractivity contribution in [3.05, 3.63) is 48.5 Å². The van der Waals surface area contributed by atoms with E-state index in [1.807, 2.05) is 0 Å². The molecule has 0 radical (unpaired) electrons. The predicted octanol–water partition coefficient (Wildman–Crippen LogP) is 1.93. The van der Waals surface area contributed by atoms with Crippen LogP contribution in [0.25, 0.3) is 0 Å². The van der Waals surface area contributed by atoms with Crippen molar-refractivity contribution >= 4 is 34.8 Å². The van der Waals surface area contributed by atoms with Crippen molar-refractivity contribution in [2.45, 2.75) is 6.92 Å². The number of hydrogen-bond donors (Lipinski definition) is 4. The van der Waals surface area contributed by atoms with Crippen LogP contribution in [-0.2, 0) is 14.4 Å². The van der Waals surface area contributed by atoms with Gasteiger partial charge in [-0.05, 0) is 42.5 Å². The van der Waals surface area contributed by atoms with Gasteiger partial charge in [-0.25, -0.2) is 0 Å². The number of hydrogen-bond acceptors (Lipinski definition) is 4. The van der Waals surface area contributed by atoms with Crippen LogP contribution in [0.2, 0.25) is 0 Å². The standard InChI is InChI=1S/C16H15N3O4/c1-10(20)17-12-3-2-4-13(9-12)19-16(23)15(22)18-11-5-7-14(21)8-6-11/h2-9,21H,1H3,(H,17,20)(H,18,22)(H,19,23). The number of carbonyl (C=O) groups is 3. The van der Waals surface area contributed by atoms with Crippen LogP contribution in [-0.4, -0.2) is 22.8 Å². The van der Waals surface area contributed by atoms with E-state index in [9.17, 15) is 14.4 Å². The summed E-state index contributed by atoms with van der Waals surface area (Å²) in [6.45, 7) is 1.37. The smallest absolute Gasteiger partial charge is 0.314 e. The molecule has 2 aromatic rings. The summed E-state index contributed by atoms with van der Waals surface area (Å²) in [5.41, 5.74) is 1.27. The molecule has 2 rings (SSSR count). The van der Waals surface area contributed by atoms with Crippen LogP contribution in [0.15, 0.2) is 48.5 Å². The molecular formula is C16H15N3O4. The van der Waals surface area contributed by atoms with Gasteiger partial charge in [0.05, 0.1) is 0 Å². The summed E-state index contributed by atoms with van der Waals surface area (Å²) in [4.78, 5) is 34.7. The maximum Gasteiger partial charge on any atom is 0.314 e. The van der Waals surface area contributed by atoms with Gasteiger partial charge in [-0.1, -0.05) is 6.07 Å².